The highest BCUT2D eigenvalue weighted by Crippen LogP contribution is 2.21. The summed E-state index contributed by atoms with van der Waals surface area (Å²) in [4.78, 5) is 2.38. The van der Waals surface area contributed by atoms with Crippen molar-refractivity contribution in [3.8, 4) is 11.3 Å². The summed E-state index contributed by atoms with van der Waals surface area (Å²) in [6, 6.07) is 12.8. The summed E-state index contributed by atoms with van der Waals surface area (Å²) in [6.45, 7) is 3.08. The second-order valence-corrected chi connectivity index (χ2v) is 5.44. The predicted octanol–water partition coefficient (Wildman–Crippen LogP) is 2.95. The molecule has 0 saturated carbocycles. The molecule has 0 spiro atoms. The Labute approximate surface area is 131 Å². The Bertz CT molecular complexity index is 537. The number of nitrogens with one attached hydrogen (secondary N) is 1. The number of nitrogens with zero attached hydrogens (tertiary/aromatic N) is 2. The molecular weight excluding hydrogens is 286 g/mol. The number of rotatable bonds is 4. The molecule has 1 saturated heterocycles. The van der Waals surface area contributed by atoms with E-state index in [1.54, 1.807) is 0 Å². The summed E-state index contributed by atoms with van der Waals surface area (Å²) >= 11 is 0. The molecule has 0 atom stereocenters. The number of benzene rings is 1. The molecule has 1 aromatic heterocycles. The van der Waals surface area contributed by atoms with Crippen LogP contribution in [-0.2, 0) is 6.54 Å². The van der Waals surface area contributed by atoms with E-state index in [0.717, 1.165) is 36.7 Å². The number of hydrogen-bond acceptors (Lipinski definition) is 4. The van der Waals surface area contributed by atoms with E-state index in [9.17, 15) is 0 Å². The minimum Gasteiger partial charge on any atom is -0.356 e. The van der Waals surface area contributed by atoms with E-state index in [1.165, 1.54) is 12.8 Å². The summed E-state index contributed by atoms with van der Waals surface area (Å²) in [5.41, 5.74) is 2.08. The van der Waals surface area contributed by atoms with Crippen molar-refractivity contribution in [2.75, 3.05) is 20.1 Å². The van der Waals surface area contributed by atoms with Crippen molar-refractivity contribution in [1.29, 1.82) is 0 Å². The molecule has 1 aromatic carbocycles. The first-order chi connectivity index (χ1) is 9.83. The molecule has 0 aliphatic carbocycles. The second kappa shape index (κ2) is 7.59. The van der Waals surface area contributed by atoms with Gasteiger partial charge in [-0.05, 0) is 33.0 Å². The lowest BCUT2D eigenvalue weighted by molar-refractivity contribution is 0.187. The molecule has 3 rings (SSSR count). The first kappa shape index (κ1) is 16.0. The van der Waals surface area contributed by atoms with Crippen LogP contribution < -0.4 is 5.32 Å². The monoisotopic (exact) mass is 307 g/mol. The van der Waals surface area contributed by atoms with Crippen LogP contribution in [0.5, 0.6) is 0 Å². The van der Waals surface area contributed by atoms with Gasteiger partial charge >= 0.3 is 0 Å². The van der Waals surface area contributed by atoms with Crippen molar-refractivity contribution in [3.63, 3.8) is 0 Å². The van der Waals surface area contributed by atoms with Gasteiger partial charge in [0.25, 0.3) is 0 Å². The first-order valence-corrected chi connectivity index (χ1v) is 7.25. The van der Waals surface area contributed by atoms with Gasteiger partial charge in [0.05, 0.1) is 5.69 Å². The lowest BCUT2D eigenvalue weighted by Gasteiger charge is -2.30. The zero-order valence-corrected chi connectivity index (χ0v) is 13.1. The van der Waals surface area contributed by atoms with Gasteiger partial charge in [-0.25, -0.2) is 0 Å². The largest absolute Gasteiger partial charge is 0.356 e. The zero-order valence-electron chi connectivity index (χ0n) is 12.3. The van der Waals surface area contributed by atoms with Gasteiger partial charge in [0.2, 0.25) is 0 Å². The summed E-state index contributed by atoms with van der Waals surface area (Å²) in [5, 5.41) is 7.59. The Balaban J connectivity index is 0.00000161. The highest BCUT2D eigenvalue weighted by molar-refractivity contribution is 5.85. The van der Waals surface area contributed by atoms with E-state index in [-0.39, 0.29) is 12.4 Å². The predicted molar refractivity (Wildman–Crippen MR) is 86.5 cm³/mol. The average Bonchev–Trinajstić information content (AvgIpc) is 2.97. The molecule has 0 amide bonds. The molecule has 1 N–H and O–H groups in total. The third kappa shape index (κ3) is 4.06. The molecule has 1 aliphatic heterocycles. The van der Waals surface area contributed by atoms with Crippen LogP contribution in [-0.4, -0.2) is 36.2 Å². The van der Waals surface area contributed by atoms with Crippen LogP contribution in [0, 0.1) is 0 Å². The fourth-order valence-corrected chi connectivity index (χ4v) is 2.76. The van der Waals surface area contributed by atoms with Gasteiger partial charge in [0, 0.05) is 24.2 Å². The maximum absolute atomic E-state index is 5.45. The summed E-state index contributed by atoms with van der Waals surface area (Å²) in [6.07, 6.45) is 2.42. The Morgan fingerprint density at radius 2 is 1.95 bits per heavy atom. The van der Waals surface area contributed by atoms with E-state index >= 15 is 0 Å². The van der Waals surface area contributed by atoms with Crippen LogP contribution in [0.4, 0.5) is 0 Å². The Morgan fingerprint density at radius 1 is 1.24 bits per heavy atom. The normalized spacial score (nSPS) is 15.9. The highest BCUT2D eigenvalue weighted by Gasteiger charge is 2.19. The lowest BCUT2D eigenvalue weighted by Crippen LogP contribution is -2.40. The highest BCUT2D eigenvalue weighted by atomic mass is 35.5. The molecule has 1 fully saturated rings. The fourth-order valence-electron chi connectivity index (χ4n) is 2.76. The van der Waals surface area contributed by atoms with Crippen molar-refractivity contribution < 1.29 is 4.52 Å². The smallest absolute Gasteiger partial charge is 0.167 e. The summed E-state index contributed by atoms with van der Waals surface area (Å²) in [7, 11) is 2.17. The minimum atomic E-state index is 0. The van der Waals surface area contributed by atoms with Gasteiger partial charge in [-0.1, -0.05) is 35.5 Å². The number of aromatic nitrogens is 1. The maximum atomic E-state index is 5.45. The molecule has 2 aromatic rings. The van der Waals surface area contributed by atoms with Gasteiger partial charge < -0.3 is 9.84 Å². The van der Waals surface area contributed by atoms with Crippen LogP contribution in [0.3, 0.4) is 0 Å². The molecule has 114 valence electrons. The third-order valence-electron chi connectivity index (χ3n) is 3.96. The molecule has 0 bridgehead atoms. The van der Waals surface area contributed by atoms with E-state index in [2.05, 4.69) is 22.4 Å². The van der Waals surface area contributed by atoms with E-state index in [4.69, 9.17) is 4.52 Å². The van der Waals surface area contributed by atoms with Crippen molar-refractivity contribution in [2.45, 2.75) is 25.4 Å². The van der Waals surface area contributed by atoms with Crippen molar-refractivity contribution in [2.24, 2.45) is 0 Å². The Morgan fingerprint density at radius 3 is 2.67 bits per heavy atom. The van der Waals surface area contributed by atoms with Gasteiger partial charge in [0.15, 0.2) is 5.76 Å². The topological polar surface area (TPSA) is 41.3 Å². The molecule has 2 heterocycles. The molecule has 0 unspecified atom stereocenters. The van der Waals surface area contributed by atoms with Gasteiger partial charge in [-0.2, -0.15) is 0 Å². The second-order valence-electron chi connectivity index (χ2n) is 5.44. The number of halogens is 1. The molecule has 1 aliphatic rings. The molecule has 5 heteroatoms. The van der Waals surface area contributed by atoms with Crippen LogP contribution >= 0.6 is 12.4 Å². The minimum absolute atomic E-state index is 0. The third-order valence-corrected chi connectivity index (χ3v) is 3.96. The number of hydrogen-bond donors (Lipinski definition) is 1. The zero-order chi connectivity index (χ0) is 13.8. The SMILES string of the molecule is CN(Cc1cc(-c2ccccc2)on1)C1CCNCC1.Cl. The van der Waals surface area contributed by atoms with E-state index in [1.807, 2.05) is 36.4 Å². The standard InChI is InChI=1S/C16H21N3O.ClH/c1-19(15-7-9-17-10-8-15)12-14-11-16(20-18-14)13-5-3-2-4-6-13;/h2-6,11,15,17H,7-10,12H2,1H3;1H. The van der Waals surface area contributed by atoms with Crippen LogP contribution in [0.2, 0.25) is 0 Å². The lowest BCUT2D eigenvalue weighted by atomic mass is 10.1. The van der Waals surface area contributed by atoms with Crippen LogP contribution in [0.1, 0.15) is 18.5 Å². The number of piperidine rings is 1. The van der Waals surface area contributed by atoms with Crippen molar-refractivity contribution >= 4 is 12.4 Å². The molecule has 21 heavy (non-hydrogen) atoms. The van der Waals surface area contributed by atoms with Crippen LogP contribution in [0.15, 0.2) is 40.9 Å². The Kier molecular flexibility index (Phi) is 5.79. The van der Waals surface area contributed by atoms with Crippen LogP contribution in [0.25, 0.3) is 11.3 Å². The average molecular weight is 308 g/mol. The quantitative estimate of drug-likeness (QED) is 0.943. The van der Waals surface area contributed by atoms with Crippen molar-refractivity contribution in [3.05, 3.63) is 42.1 Å². The van der Waals surface area contributed by atoms with Gasteiger partial charge in [-0.3, -0.25) is 4.90 Å². The fraction of sp³-hybridized carbons (Fsp3) is 0.438. The van der Waals surface area contributed by atoms with E-state index < -0.39 is 0 Å². The molecule has 4 nitrogen and oxygen atoms in total. The van der Waals surface area contributed by atoms with Gasteiger partial charge in [0.1, 0.15) is 0 Å². The Hall–Kier alpha value is -1.36. The first-order valence-electron chi connectivity index (χ1n) is 7.25. The maximum Gasteiger partial charge on any atom is 0.167 e. The summed E-state index contributed by atoms with van der Waals surface area (Å²) < 4.78 is 5.45. The van der Waals surface area contributed by atoms with Crippen molar-refractivity contribution in [1.82, 2.24) is 15.4 Å². The summed E-state index contributed by atoms with van der Waals surface area (Å²) in [5.74, 6) is 0.847. The molecule has 0 radical (unpaired) electrons. The van der Waals surface area contributed by atoms with Gasteiger partial charge in [-0.15, -0.1) is 12.4 Å². The molecular formula is C16H22ClN3O. The van der Waals surface area contributed by atoms with E-state index in [0.29, 0.717) is 6.04 Å².